The number of rotatable bonds is 4. The number of aromatic nitrogens is 3. The molecule has 1 atom stereocenters. The molecule has 1 aromatic carbocycles. The molecule has 1 amide bonds. The van der Waals surface area contributed by atoms with Crippen LogP contribution in [0.1, 0.15) is 29.1 Å². The number of nitrogens with one attached hydrogen (secondary N) is 1. The molecule has 0 radical (unpaired) electrons. The van der Waals surface area contributed by atoms with Gasteiger partial charge in [0.25, 0.3) is 11.5 Å². The molecule has 4 rings (SSSR count). The summed E-state index contributed by atoms with van der Waals surface area (Å²) in [7, 11) is 0. The van der Waals surface area contributed by atoms with Gasteiger partial charge in [-0.2, -0.15) is 4.98 Å². The summed E-state index contributed by atoms with van der Waals surface area (Å²) in [6, 6.07) is 7.63. The zero-order valence-corrected chi connectivity index (χ0v) is 16.2. The Balaban J connectivity index is 1.44. The van der Waals surface area contributed by atoms with Gasteiger partial charge in [0.15, 0.2) is 0 Å². The van der Waals surface area contributed by atoms with Crippen molar-refractivity contribution in [3.8, 4) is 11.4 Å². The van der Waals surface area contributed by atoms with Crippen LogP contribution in [0, 0.1) is 11.7 Å². The van der Waals surface area contributed by atoms with E-state index in [1.807, 2.05) is 0 Å². The van der Waals surface area contributed by atoms with E-state index in [0.717, 1.165) is 12.8 Å². The molecule has 9 heteroatoms. The highest BCUT2D eigenvalue weighted by Gasteiger charge is 2.27. The summed E-state index contributed by atoms with van der Waals surface area (Å²) in [6.45, 7) is 1.14. The topological polar surface area (TPSA) is 92.1 Å². The first kappa shape index (κ1) is 19.3. The molecule has 1 saturated heterocycles. The second-order valence-corrected chi connectivity index (χ2v) is 7.43. The Kier molecular flexibility index (Phi) is 5.44. The molecule has 3 heterocycles. The van der Waals surface area contributed by atoms with Crippen LogP contribution < -0.4 is 5.56 Å². The number of hydrogen-bond acceptors (Lipinski definition) is 5. The lowest BCUT2D eigenvalue weighted by molar-refractivity contribution is 0.0667. The summed E-state index contributed by atoms with van der Waals surface area (Å²) < 4.78 is 19.2. The zero-order valence-electron chi connectivity index (χ0n) is 15.4. The van der Waals surface area contributed by atoms with Crippen molar-refractivity contribution in [3.63, 3.8) is 0 Å². The number of H-pyrrole nitrogens is 1. The van der Waals surface area contributed by atoms with Gasteiger partial charge in [0.2, 0.25) is 11.7 Å². The zero-order chi connectivity index (χ0) is 20.4. The fourth-order valence-electron chi connectivity index (χ4n) is 3.51. The van der Waals surface area contributed by atoms with E-state index in [0.29, 0.717) is 31.0 Å². The van der Waals surface area contributed by atoms with Crippen LogP contribution in [0.3, 0.4) is 0 Å². The van der Waals surface area contributed by atoms with E-state index in [9.17, 15) is 14.0 Å². The first-order chi connectivity index (χ1) is 14.0. The number of benzene rings is 1. The minimum Gasteiger partial charge on any atom is -0.339 e. The number of pyridine rings is 1. The third-order valence-corrected chi connectivity index (χ3v) is 5.24. The van der Waals surface area contributed by atoms with Gasteiger partial charge in [0, 0.05) is 25.7 Å². The molecular weight excluding hydrogens is 399 g/mol. The molecular formula is C20H18ClFN4O3. The highest BCUT2D eigenvalue weighted by atomic mass is 35.5. The van der Waals surface area contributed by atoms with Crippen LogP contribution in [0.5, 0.6) is 0 Å². The second kappa shape index (κ2) is 8.16. The van der Waals surface area contributed by atoms with Gasteiger partial charge in [0.05, 0.1) is 11.1 Å². The van der Waals surface area contributed by atoms with Crippen molar-refractivity contribution in [3.05, 3.63) is 69.2 Å². The van der Waals surface area contributed by atoms with Gasteiger partial charge in [-0.15, -0.1) is 0 Å². The molecule has 0 spiro atoms. The Morgan fingerprint density at radius 1 is 1.38 bits per heavy atom. The molecule has 1 N–H and O–H groups in total. The van der Waals surface area contributed by atoms with E-state index in [1.54, 1.807) is 23.1 Å². The van der Waals surface area contributed by atoms with Crippen molar-refractivity contribution in [2.75, 3.05) is 13.1 Å². The van der Waals surface area contributed by atoms with Crippen LogP contribution in [0.15, 0.2) is 45.8 Å². The summed E-state index contributed by atoms with van der Waals surface area (Å²) in [5, 5.41) is 3.86. The predicted octanol–water partition coefficient (Wildman–Crippen LogP) is 3.31. The van der Waals surface area contributed by atoms with Crippen molar-refractivity contribution < 1.29 is 13.7 Å². The third-order valence-electron chi connectivity index (χ3n) is 4.96. The smallest absolute Gasteiger partial charge is 0.266 e. The maximum absolute atomic E-state index is 13.9. The van der Waals surface area contributed by atoms with Gasteiger partial charge in [-0.3, -0.25) is 9.59 Å². The van der Waals surface area contributed by atoms with Crippen molar-refractivity contribution in [1.29, 1.82) is 0 Å². The normalized spacial score (nSPS) is 16.8. The molecule has 1 aliphatic rings. The Morgan fingerprint density at radius 3 is 3.00 bits per heavy atom. The summed E-state index contributed by atoms with van der Waals surface area (Å²) >= 11 is 5.83. The Morgan fingerprint density at radius 2 is 2.21 bits per heavy atom. The van der Waals surface area contributed by atoms with E-state index in [1.165, 1.54) is 18.3 Å². The minimum atomic E-state index is -0.429. The Bertz CT molecular complexity index is 1100. The quantitative estimate of drug-likeness (QED) is 0.704. The molecule has 7 nitrogen and oxygen atoms in total. The molecule has 0 saturated carbocycles. The average Bonchev–Trinajstić information content (AvgIpc) is 3.18. The number of nitrogens with zero attached hydrogens (tertiary/aromatic N) is 3. The molecule has 2 aromatic heterocycles. The van der Waals surface area contributed by atoms with Crippen LogP contribution >= 0.6 is 11.6 Å². The number of piperidine rings is 1. The maximum atomic E-state index is 13.9. The summed E-state index contributed by atoms with van der Waals surface area (Å²) in [4.78, 5) is 32.6. The number of carbonyl (C=O) groups is 1. The highest BCUT2D eigenvalue weighted by molar-refractivity contribution is 6.30. The number of aromatic amines is 1. The standard InChI is InChI=1S/C20H18ClFN4O3/c21-15-9-13(10-23-19(15)27)20(28)26-7-3-4-12(11-26)8-17-24-18(25-29-17)14-5-1-2-6-16(14)22/h1-2,5-6,9-10,12H,3-4,7-8,11H2,(H,23,27)/t12-/m0/s1. The van der Waals surface area contributed by atoms with Crippen molar-refractivity contribution in [1.82, 2.24) is 20.0 Å². The summed E-state index contributed by atoms with van der Waals surface area (Å²) in [5.74, 6) is 0.165. The summed E-state index contributed by atoms with van der Waals surface area (Å²) in [5.41, 5.74) is 0.203. The Hall–Kier alpha value is -3.00. The number of amides is 1. The van der Waals surface area contributed by atoms with Gasteiger partial charge in [0.1, 0.15) is 10.8 Å². The first-order valence-electron chi connectivity index (χ1n) is 9.26. The largest absolute Gasteiger partial charge is 0.339 e. The van der Waals surface area contributed by atoms with E-state index in [4.69, 9.17) is 16.1 Å². The van der Waals surface area contributed by atoms with Gasteiger partial charge in [-0.1, -0.05) is 28.9 Å². The molecule has 1 fully saturated rings. The molecule has 0 unspecified atom stereocenters. The van der Waals surface area contributed by atoms with Crippen molar-refractivity contribution >= 4 is 17.5 Å². The average molecular weight is 417 g/mol. The van der Waals surface area contributed by atoms with Crippen molar-refractivity contribution in [2.24, 2.45) is 5.92 Å². The number of hydrogen-bond donors (Lipinski definition) is 1. The first-order valence-corrected chi connectivity index (χ1v) is 9.64. The van der Waals surface area contributed by atoms with Gasteiger partial charge >= 0.3 is 0 Å². The SMILES string of the molecule is O=C(c1c[nH]c(=O)c(Cl)c1)N1CCC[C@@H](Cc2nc(-c3ccccc3F)no2)C1. The monoisotopic (exact) mass is 416 g/mol. The lowest BCUT2D eigenvalue weighted by atomic mass is 9.94. The highest BCUT2D eigenvalue weighted by Crippen LogP contribution is 2.24. The van der Waals surface area contributed by atoms with Crippen LogP contribution in [0.2, 0.25) is 5.02 Å². The van der Waals surface area contributed by atoms with E-state index in [2.05, 4.69) is 15.1 Å². The fraction of sp³-hybridized carbons (Fsp3) is 0.300. The van der Waals surface area contributed by atoms with Crippen LogP contribution in [0.4, 0.5) is 4.39 Å². The van der Waals surface area contributed by atoms with E-state index >= 15 is 0 Å². The molecule has 150 valence electrons. The molecule has 0 bridgehead atoms. The van der Waals surface area contributed by atoms with Gasteiger partial charge < -0.3 is 14.4 Å². The van der Waals surface area contributed by atoms with E-state index in [-0.39, 0.29) is 28.2 Å². The lowest BCUT2D eigenvalue weighted by Gasteiger charge is -2.32. The molecule has 1 aliphatic heterocycles. The fourth-order valence-corrected chi connectivity index (χ4v) is 3.69. The number of carbonyl (C=O) groups excluding carboxylic acids is 1. The Labute approximate surface area is 170 Å². The summed E-state index contributed by atoms with van der Waals surface area (Å²) in [6.07, 6.45) is 3.62. The second-order valence-electron chi connectivity index (χ2n) is 7.02. The number of halogens is 2. The molecule has 0 aliphatic carbocycles. The maximum Gasteiger partial charge on any atom is 0.266 e. The predicted molar refractivity (Wildman–Crippen MR) is 104 cm³/mol. The lowest BCUT2D eigenvalue weighted by Crippen LogP contribution is -2.40. The minimum absolute atomic E-state index is 0.0176. The van der Waals surface area contributed by atoms with Crippen LogP contribution in [-0.4, -0.2) is 39.0 Å². The number of likely N-dealkylation sites (tertiary alicyclic amines) is 1. The van der Waals surface area contributed by atoms with Crippen LogP contribution in [0.25, 0.3) is 11.4 Å². The van der Waals surface area contributed by atoms with E-state index < -0.39 is 11.4 Å². The van der Waals surface area contributed by atoms with Crippen molar-refractivity contribution in [2.45, 2.75) is 19.3 Å². The van der Waals surface area contributed by atoms with Crippen LogP contribution in [-0.2, 0) is 6.42 Å². The third kappa shape index (κ3) is 4.22. The molecule has 3 aromatic rings. The molecule has 29 heavy (non-hydrogen) atoms. The van der Waals surface area contributed by atoms with Gasteiger partial charge in [-0.25, -0.2) is 4.39 Å². The van der Waals surface area contributed by atoms with Gasteiger partial charge in [-0.05, 0) is 37.0 Å².